The Balaban J connectivity index is 1.24. The minimum absolute atomic E-state index is 0.00397. The molecule has 0 bridgehead atoms. The van der Waals surface area contributed by atoms with E-state index >= 15 is 0 Å². The minimum Gasteiger partial charge on any atom is -0.480 e. The van der Waals surface area contributed by atoms with Crippen LogP contribution in [0.25, 0.3) is 11.1 Å². The van der Waals surface area contributed by atoms with E-state index in [0.717, 1.165) is 0 Å². The number of fused-ring (bicyclic) bond motifs is 3. The Bertz CT molecular complexity index is 1020. The predicted molar refractivity (Wildman–Crippen MR) is 132 cm³/mol. The van der Waals surface area contributed by atoms with Crippen LogP contribution >= 0.6 is 0 Å². The topological polar surface area (TPSA) is 99.2 Å². The Hall–Kier alpha value is -3.39. The molecule has 1 aliphatic carbocycles. The van der Waals surface area contributed by atoms with Crippen LogP contribution < -0.4 is 5.32 Å². The normalized spacial score (nSPS) is 16.3. The zero-order valence-corrected chi connectivity index (χ0v) is 20.1. The van der Waals surface area contributed by atoms with Gasteiger partial charge in [0.25, 0.3) is 0 Å². The number of carbonyl (C=O) groups excluding carboxylic acids is 2. The van der Waals surface area contributed by atoms with E-state index in [0.29, 0.717) is 45.4 Å². The monoisotopic (exact) mass is 479 g/mol. The number of rotatable bonds is 9. The molecule has 2 N–H and O–H groups in total. The molecular formula is C27H33N3O5. The molecule has 2 aliphatic rings. The summed E-state index contributed by atoms with van der Waals surface area (Å²) in [4.78, 5) is 39.6. The van der Waals surface area contributed by atoms with Gasteiger partial charge in [0.05, 0.1) is 6.54 Å². The number of hydrogen-bond acceptors (Lipinski definition) is 5. The van der Waals surface area contributed by atoms with Crippen LogP contribution in [0.15, 0.2) is 48.5 Å². The molecule has 8 heteroatoms. The number of benzene rings is 2. The Morgan fingerprint density at radius 1 is 1.00 bits per heavy atom. The fraction of sp³-hybridized carbons (Fsp3) is 0.444. The summed E-state index contributed by atoms with van der Waals surface area (Å²) < 4.78 is 5.64. The van der Waals surface area contributed by atoms with E-state index in [1.54, 1.807) is 4.90 Å². The van der Waals surface area contributed by atoms with Crippen LogP contribution in [0.2, 0.25) is 0 Å². The first-order valence-corrected chi connectivity index (χ1v) is 12.3. The van der Waals surface area contributed by atoms with Gasteiger partial charge in [-0.15, -0.1) is 0 Å². The summed E-state index contributed by atoms with van der Waals surface area (Å²) in [6.07, 6.45) is 1.10. The zero-order valence-electron chi connectivity index (χ0n) is 20.1. The number of alkyl carbamates (subject to hydrolysis) is 1. The predicted octanol–water partition coefficient (Wildman–Crippen LogP) is 3.31. The molecular weight excluding hydrogens is 446 g/mol. The van der Waals surface area contributed by atoms with E-state index in [9.17, 15) is 14.4 Å². The third-order valence-electron chi connectivity index (χ3n) is 6.95. The van der Waals surface area contributed by atoms with Crippen molar-refractivity contribution in [1.29, 1.82) is 0 Å². The number of amides is 2. The second-order valence-electron chi connectivity index (χ2n) is 9.16. The van der Waals surface area contributed by atoms with Crippen molar-refractivity contribution >= 4 is 18.0 Å². The number of ether oxygens (including phenoxy) is 1. The van der Waals surface area contributed by atoms with E-state index in [1.165, 1.54) is 22.3 Å². The Labute approximate surface area is 205 Å². The van der Waals surface area contributed by atoms with Crippen molar-refractivity contribution in [2.75, 3.05) is 39.3 Å². The summed E-state index contributed by atoms with van der Waals surface area (Å²) in [6, 6.07) is 16.3. The van der Waals surface area contributed by atoms with Gasteiger partial charge in [0.1, 0.15) is 6.61 Å². The summed E-state index contributed by atoms with van der Waals surface area (Å²) in [5.41, 5.74) is 4.71. The highest BCUT2D eigenvalue weighted by atomic mass is 16.5. The van der Waals surface area contributed by atoms with Crippen LogP contribution in [0.3, 0.4) is 0 Å². The van der Waals surface area contributed by atoms with E-state index < -0.39 is 12.1 Å². The number of carbonyl (C=O) groups is 3. The van der Waals surface area contributed by atoms with Gasteiger partial charge in [0, 0.05) is 44.6 Å². The van der Waals surface area contributed by atoms with Crippen molar-refractivity contribution in [3.05, 3.63) is 59.7 Å². The van der Waals surface area contributed by atoms with Crippen LogP contribution in [0.4, 0.5) is 4.79 Å². The zero-order chi connectivity index (χ0) is 24.8. The first-order valence-electron chi connectivity index (χ1n) is 12.3. The Morgan fingerprint density at radius 2 is 1.60 bits per heavy atom. The molecule has 1 fully saturated rings. The quantitative estimate of drug-likeness (QED) is 0.573. The highest BCUT2D eigenvalue weighted by molar-refractivity contribution is 5.79. The Morgan fingerprint density at radius 3 is 2.17 bits per heavy atom. The van der Waals surface area contributed by atoms with E-state index in [2.05, 4.69) is 29.6 Å². The highest BCUT2D eigenvalue weighted by Gasteiger charge is 2.29. The number of piperazine rings is 1. The molecule has 2 aromatic rings. The molecule has 8 nitrogen and oxygen atoms in total. The Kier molecular flexibility index (Phi) is 8.02. The number of carboxylic acid groups (broad SMARTS) is 1. The van der Waals surface area contributed by atoms with E-state index in [1.807, 2.05) is 36.1 Å². The molecule has 0 spiro atoms. The second kappa shape index (κ2) is 11.4. The summed E-state index contributed by atoms with van der Waals surface area (Å²) >= 11 is 0. The van der Waals surface area contributed by atoms with Gasteiger partial charge in [-0.1, -0.05) is 55.5 Å². The van der Waals surface area contributed by atoms with Gasteiger partial charge in [-0.3, -0.25) is 14.5 Å². The second-order valence-corrected chi connectivity index (χ2v) is 9.16. The van der Waals surface area contributed by atoms with Crippen LogP contribution in [0, 0.1) is 0 Å². The lowest BCUT2D eigenvalue weighted by atomic mass is 9.98. The van der Waals surface area contributed by atoms with Gasteiger partial charge in [0.2, 0.25) is 5.91 Å². The first kappa shape index (κ1) is 24.7. The van der Waals surface area contributed by atoms with Gasteiger partial charge in [-0.2, -0.15) is 0 Å². The van der Waals surface area contributed by atoms with Gasteiger partial charge in [-0.25, -0.2) is 4.79 Å². The lowest BCUT2D eigenvalue weighted by molar-refractivity contribution is -0.139. The van der Waals surface area contributed by atoms with Crippen LogP contribution in [-0.2, 0) is 14.3 Å². The molecule has 0 saturated carbocycles. The summed E-state index contributed by atoms with van der Waals surface area (Å²) in [7, 11) is 0. The van der Waals surface area contributed by atoms with E-state index in [-0.39, 0.29) is 31.0 Å². The molecule has 2 amide bonds. The van der Waals surface area contributed by atoms with Crippen molar-refractivity contribution in [3.8, 4) is 11.1 Å². The molecule has 2 aromatic carbocycles. The van der Waals surface area contributed by atoms with Crippen molar-refractivity contribution in [2.24, 2.45) is 0 Å². The lowest BCUT2D eigenvalue weighted by Crippen LogP contribution is -2.50. The van der Waals surface area contributed by atoms with Crippen molar-refractivity contribution < 1.29 is 24.2 Å². The van der Waals surface area contributed by atoms with Gasteiger partial charge >= 0.3 is 12.1 Å². The summed E-state index contributed by atoms with van der Waals surface area (Å²) in [5, 5.41) is 11.8. The fourth-order valence-corrected chi connectivity index (χ4v) is 4.99. The average molecular weight is 480 g/mol. The van der Waals surface area contributed by atoms with Gasteiger partial charge in [-0.05, 0) is 35.1 Å². The van der Waals surface area contributed by atoms with Crippen LogP contribution in [-0.4, -0.2) is 78.2 Å². The maximum absolute atomic E-state index is 12.6. The molecule has 186 valence electrons. The van der Waals surface area contributed by atoms with Crippen molar-refractivity contribution in [2.45, 2.75) is 38.1 Å². The molecule has 1 heterocycles. The van der Waals surface area contributed by atoms with Crippen LogP contribution in [0.5, 0.6) is 0 Å². The average Bonchev–Trinajstić information content (AvgIpc) is 3.19. The third kappa shape index (κ3) is 6.00. The molecule has 0 aromatic heterocycles. The lowest BCUT2D eigenvalue weighted by Gasteiger charge is -2.34. The molecule has 1 atom stereocenters. The van der Waals surface area contributed by atoms with Crippen molar-refractivity contribution in [1.82, 2.24) is 15.1 Å². The number of nitrogens with zero attached hydrogens (tertiary/aromatic N) is 2. The number of hydrogen-bond donors (Lipinski definition) is 2. The molecule has 1 aliphatic heterocycles. The largest absolute Gasteiger partial charge is 0.480 e. The maximum atomic E-state index is 12.6. The van der Waals surface area contributed by atoms with Crippen LogP contribution in [0.1, 0.15) is 43.2 Å². The summed E-state index contributed by atoms with van der Waals surface area (Å²) in [5.74, 6) is -0.808. The fourth-order valence-electron chi connectivity index (χ4n) is 4.99. The van der Waals surface area contributed by atoms with Crippen molar-refractivity contribution in [3.63, 3.8) is 0 Å². The smallest absolute Gasteiger partial charge is 0.407 e. The molecule has 35 heavy (non-hydrogen) atoms. The highest BCUT2D eigenvalue weighted by Crippen LogP contribution is 2.44. The third-order valence-corrected chi connectivity index (χ3v) is 6.95. The number of carboxylic acids is 1. The number of nitrogens with one attached hydrogen (secondary N) is 1. The van der Waals surface area contributed by atoms with E-state index in [4.69, 9.17) is 9.84 Å². The molecule has 4 rings (SSSR count). The molecule has 1 unspecified atom stereocenters. The maximum Gasteiger partial charge on any atom is 0.407 e. The minimum atomic E-state index is -0.852. The standard InChI is InChI=1S/C27H33N3O5/c1-2-19(11-12-25(31)30-15-13-29(14-16-30)17-26(32)33)28-27(34)35-18-24-22-9-5-3-7-20(22)21-8-4-6-10-23(21)24/h3-10,19,24H,2,11-18H2,1H3,(H,28,34)(H,32,33). The van der Waals surface area contributed by atoms with Gasteiger partial charge in [0.15, 0.2) is 0 Å². The first-order chi connectivity index (χ1) is 17.0. The molecule has 0 radical (unpaired) electrons. The SMILES string of the molecule is CCC(CCC(=O)N1CCN(CC(=O)O)CC1)NC(=O)OCC1c2ccccc2-c2ccccc21. The summed E-state index contributed by atoms with van der Waals surface area (Å²) in [6.45, 7) is 4.43. The van der Waals surface area contributed by atoms with Gasteiger partial charge < -0.3 is 20.1 Å². The number of aliphatic carboxylic acids is 1. The molecule has 1 saturated heterocycles.